The number of benzene rings is 2. The molecule has 0 saturated heterocycles. The van der Waals surface area contributed by atoms with Gasteiger partial charge in [-0.2, -0.15) is 5.10 Å². The van der Waals surface area contributed by atoms with Gasteiger partial charge in [0.2, 0.25) is 0 Å². The second-order valence-corrected chi connectivity index (χ2v) is 4.80. The van der Waals surface area contributed by atoms with Gasteiger partial charge in [-0.15, -0.1) is 0 Å². The Hall–Kier alpha value is -3.15. The highest BCUT2D eigenvalue weighted by Gasteiger charge is 2.07. The molecule has 0 aliphatic rings. The SMILES string of the molecule is CCOc1ccc(NC(=O)c2ccc(-n3cncn3)cc2)cc1. The Bertz CT molecular complexity index is 765. The van der Waals surface area contributed by atoms with E-state index in [0.29, 0.717) is 12.2 Å². The maximum atomic E-state index is 12.2. The lowest BCUT2D eigenvalue weighted by Crippen LogP contribution is -2.11. The molecule has 0 aliphatic carbocycles. The first-order valence-electron chi connectivity index (χ1n) is 7.25. The minimum absolute atomic E-state index is 0.167. The first-order chi connectivity index (χ1) is 11.3. The van der Waals surface area contributed by atoms with Crippen LogP contribution in [0.15, 0.2) is 61.2 Å². The van der Waals surface area contributed by atoms with E-state index in [2.05, 4.69) is 15.4 Å². The number of carbonyl (C=O) groups excluding carboxylic acids is 1. The van der Waals surface area contributed by atoms with Crippen molar-refractivity contribution in [1.82, 2.24) is 14.8 Å². The Morgan fingerprint density at radius 2 is 1.87 bits per heavy atom. The summed E-state index contributed by atoms with van der Waals surface area (Å²) in [5.74, 6) is 0.613. The number of nitrogens with one attached hydrogen (secondary N) is 1. The van der Waals surface area contributed by atoms with Crippen molar-refractivity contribution in [3.63, 3.8) is 0 Å². The normalized spacial score (nSPS) is 10.3. The largest absolute Gasteiger partial charge is 0.494 e. The van der Waals surface area contributed by atoms with Crippen molar-refractivity contribution in [1.29, 1.82) is 0 Å². The van der Waals surface area contributed by atoms with Crippen LogP contribution in [0.2, 0.25) is 0 Å². The predicted molar refractivity (Wildman–Crippen MR) is 86.9 cm³/mol. The average molecular weight is 308 g/mol. The van der Waals surface area contributed by atoms with Crippen LogP contribution < -0.4 is 10.1 Å². The maximum Gasteiger partial charge on any atom is 0.255 e. The Balaban J connectivity index is 1.68. The average Bonchev–Trinajstić information content (AvgIpc) is 3.11. The fourth-order valence-electron chi connectivity index (χ4n) is 2.11. The molecule has 3 aromatic rings. The van der Waals surface area contributed by atoms with E-state index in [0.717, 1.165) is 17.1 Å². The highest BCUT2D eigenvalue weighted by atomic mass is 16.5. The van der Waals surface area contributed by atoms with Crippen molar-refractivity contribution in [2.24, 2.45) is 0 Å². The molecule has 0 spiro atoms. The topological polar surface area (TPSA) is 69.0 Å². The third-order valence-electron chi connectivity index (χ3n) is 3.24. The number of rotatable bonds is 5. The monoisotopic (exact) mass is 308 g/mol. The van der Waals surface area contributed by atoms with E-state index < -0.39 is 0 Å². The van der Waals surface area contributed by atoms with Crippen molar-refractivity contribution in [3.05, 3.63) is 66.7 Å². The fourth-order valence-corrected chi connectivity index (χ4v) is 2.11. The molecule has 1 amide bonds. The number of anilines is 1. The number of ether oxygens (including phenoxy) is 1. The van der Waals surface area contributed by atoms with Gasteiger partial charge in [-0.25, -0.2) is 9.67 Å². The van der Waals surface area contributed by atoms with Gasteiger partial charge in [0.25, 0.3) is 5.91 Å². The van der Waals surface area contributed by atoms with Crippen LogP contribution in [-0.4, -0.2) is 27.3 Å². The Morgan fingerprint density at radius 1 is 1.13 bits per heavy atom. The van der Waals surface area contributed by atoms with Crippen LogP contribution in [-0.2, 0) is 0 Å². The number of nitrogens with zero attached hydrogens (tertiary/aromatic N) is 3. The van der Waals surface area contributed by atoms with Crippen LogP contribution in [0.1, 0.15) is 17.3 Å². The van der Waals surface area contributed by atoms with Crippen LogP contribution in [0.3, 0.4) is 0 Å². The molecule has 6 heteroatoms. The number of hydrogen-bond donors (Lipinski definition) is 1. The molecule has 0 fully saturated rings. The van der Waals surface area contributed by atoms with E-state index in [1.165, 1.54) is 6.33 Å². The third-order valence-corrected chi connectivity index (χ3v) is 3.24. The molecule has 0 unspecified atom stereocenters. The number of amides is 1. The predicted octanol–water partition coefficient (Wildman–Crippen LogP) is 2.92. The molecule has 1 aromatic heterocycles. The molecule has 23 heavy (non-hydrogen) atoms. The van der Waals surface area contributed by atoms with Crippen LogP contribution in [0, 0.1) is 0 Å². The molecule has 1 N–H and O–H groups in total. The smallest absolute Gasteiger partial charge is 0.255 e. The van der Waals surface area contributed by atoms with E-state index in [1.807, 2.05) is 43.3 Å². The molecule has 0 atom stereocenters. The summed E-state index contributed by atoms with van der Waals surface area (Å²) in [4.78, 5) is 16.1. The lowest BCUT2D eigenvalue weighted by atomic mass is 10.2. The van der Waals surface area contributed by atoms with Crippen molar-refractivity contribution in [2.45, 2.75) is 6.92 Å². The second kappa shape index (κ2) is 6.74. The highest BCUT2D eigenvalue weighted by Crippen LogP contribution is 2.17. The van der Waals surface area contributed by atoms with Gasteiger partial charge in [-0.3, -0.25) is 4.79 Å². The van der Waals surface area contributed by atoms with Crippen molar-refractivity contribution < 1.29 is 9.53 Å². The van der Waals surface area contributed by atoms with Gasteiger partial charge in [0.05, 0.1) is 12.3 Å². The number of hydrogen-bond acceptors (Lipinski definition) is 4. The zero-order valence-corrected chi connectivity index (χ0v) is 12.6. The van der Waals surface area contributed by atoms with Gasteiger partial charge in [-0.1, -0.05) is 0 Å². The van der Waals surface area contributed by atoms with Crippen molar-refractivity contribution in [2.75, 3.05) is 11.9 Å². The molecule has 0 bridgehead atoms. The molecule has 0 aliphatic heterocycles. The second-order valence-electron chi connectivity index (χ2n) is 4.80. The van der Waals surface area contributed by atoms with Gasteiger partial charge in [0, 0.05) is 11.3 Å². The molecule has 3 rings (SSSR count). The molecular weight excluding hydrogens is 292 g/mol. The molecule has 6 nitrogen and oxygen atoms in total. The van der Waals surface area contributed by atoms with Gasteiger partial charge >= 0.3 is 0 Å². The number of carbonyl (C=O) groups is 1. The van der Waals surface area contributed by atoms with E-state index in [9.17, 15) is 4.79 Å². The quantitative estimate of drug-likeness (QED) is 0.787. The van der Waals surface area contributed by atoms with Crippen LogP contribution in [0.5, 0.6) is 5.75 Å². The number of aromatic nitrogens is 3. The van der Waals surface area contributed by atoms with Gasteiger partial charge in [0.1, 0.15) is 18.4 Å². The van der Waals surface area contributed by atoms with Crippen molar-refractivity contribution >= 4 is 11.6 Å². The van der Waals surface area contributed by atoms with Crippen molar-refractivity contribution in [3.8, 4) is 11.4 Å². The molecule has 116 valence electrons. The summed E-state index contributed by atoms with van der Waals surface area (Å²) in [5.41, 5.74) is 2.14. The first-order valence-corrected chi connectivity index (χ1v) is 7.25. The summed E-state index contributed by atoms with van der Waals surface area (Å²) in [6.45, 7) is 2.54. The highest BCUT2D eigenvalue weighted by molar-refractivity contribution is 6.04. The molecule has 1 heterocycles. The maximum absolute atomic E-state index is 12.2. The summed E-state index contributed by atoms with van der Waals surface area (Å²) in [6, 6.07) is 14.4. The third kappa shape index (κ3) is 3.55. The van der Waals surface area contributed by atoms with Crippen LogP contribution >= 0.6 is 0 Å². The van der Waals surface area contributed by atoms with E-state index in [1.54, 1.807) is 23.1 Å². The van der Waals surface area contributed by atoms with Gasteiger partial charge < -0.3 is 10.1 Å². The summed E-state index contributed by atoms with van der Waals surface area (Å²) < 4.78 is 7.01. The summed E-state index contributed by atoms with van der Waals surface area (Å²) >= 11 is 0. The Labute approximate surface area is 133 Å². The summed E-state index contributed by atoms with van der Waals surface area (Å²) in [7, 11) is 0. The zero-order valence-electron chi connectivity index (χ0n) is 12.6. The molecule has 2 aromatic carbocycles. The lowest BCUT2D eigenvalue weighted by Gasteiger charge is -2.08. The molecule has 0 saturated carbocycles. The van der Waals surface area contributed by atoms with Crippen LogP contribution in [0.25, 0.3) is 5.69 Å². The van der Waals surface area contributed by atoms with E-state index in [4.69, 9.17) is 4.74 Å². The Morgan fingerprint density at radius 3 is 2.48 bits per heavy atom. The Kier molecular flexibility index (Phi) is 4.33. The fraction of sp³-hybridized carbons (Fsp3) is 0.118. The lowest BCUT2D eigenvalue weighted by molar-refractivity contribution is 0.102. The minimum atomic E-state index is -0.167. The standard InChI is InChI=1S/C17H16N4O2/c1-2-23-16-9-5-14(6-10-16)20-17(22)13-3-7-15(8-4-13)21-12-18-11-19-21/h3-12H,2H2,1H3,(H,20,22). The zero-order chi connectivity index (χ0) is 16.1. The van der Waals surface area contributed by atoms with Gasteiger partial charge in [-0.05, 0) is 55.5 Å². The van der Waals surface area contributed by atoms with Crippen LogP contribution in [0.4, 0.5) is 5.69 Å². The van der Waals surface area contributed by atoms with E-state index >= 15 is 0 Å². The van der Waals surface area contributed by atoms with E-state index in [-0.39, 0.29) is 5.91 Å². The van der Waals surface area contributed by atoms with Gasteiger partial charge in [0.15, 0.2) is 0 Å². The summed E-state index contributed by atoms with van der Waals surface area (Å²) in [6.07, 6.45) is 3.07. The summed E-state index contributed by atoms with van der Waals surface area (Å²) in [5, 5.41) is 6.90. The minimum Gasteiger partial charge on any atom is -0.494 e. The molecular formula is C17H16N4O2. The first kappa shape index (κ1) is 14.8. The molecule has 0 radical (unpaired) electrons.